The molecule has 0 aromatic heterocycles. The summed E-state index contributed by atoms with van der Waals surface area (Å²) in [4.78, 5) is 23.5. The van der Waals surface area contributed by atoms with Crippen molar-refractivity contribution in [1.82, 2.24) is 5.32 Å². The van der Waals surface area contributed by atoms with Crippen LogP contribution in [0.1, 0.15) is 27.9 Å². The molecule has 0 bridgehead atoms. The summed E-state index contributed by atoms with van der Waals surface area (Å²) in [5, 5.41) is 11.4. The molecule has 0 unspecified atom stereocenters. The maximum atomic E-state index is 13.0. The Morgan fingerprint density at radius 1 is 1.04 bits per heavy atom. The van der Waals surface area contributed by atoms with Gasteiger partial charge in [0.1, 0.15) is 6.04 Å². The van der Waals surface area contributed by atoms with Crippen molar-refractivity contribution in [3.05, 3.63) is 77.4 Å². The second kappa shape index (κ2) is 8.33. The largest absolute Gasteiger partial charge is 0.480 e. The minimum absolute atomic E-state index is 0.0653. The molecule has 2 rings (SSSR count). The first-order chi connectivity index (χ1) is 12.3. The Labute approximate surface area is 148 Å². The number of benzene rings is 2. The van der Waals surface area contributed by atoms with Gasteiger partial charge in [-0.3, -0.25) is 4.79 Å². The van der Waals surface area contributed by atoms with E-state index in [1.54, 1.807) is 12.2 Å². The van der Waals surface area contributed by atoms with Crippen LogP contribution in [0.15, 0.2) is 60.7 Å². The van der Waals surface area contributed by atoms with Gasteiger partial charge in [-0.25, -0.2) is 4.79 Å². The van der Waals surface area contributed by atoms with E-state index in [1.165, 1.54) is 6.07 Å². The number of amides is 1. The molecular formula is C19H16F3NO3. The van der Waals surface area contributed by atoms with Gasteiger partial charge in [0.2, 0.25) is 0 Å². The van der Waals surface area contributed by atoms with E-state index in [4.69, 9.17) is 0 Å². The normalized spacial score (nSPS) is 12.7. The summed E-state index contributed by atoms with van der Waals surface area (Å²) >= 11 is 0. The van der Waals surface area contributed by atoms with Crippen LogP contribution in [-0.2, 0) is 11.0 Å². The fourth-order valence-corrected chi connectivity index (χ4v) is 2.29. The third-order valence-corrected chi connectivity index (χ3v) is 3.56. The lowest BCUT2D eigenvalue weighted by Gasteiger charge is -2.16. The number of carbonyl (C=O) groups is 2. The lowest BCUT2D eigenvalue weighted by Crippen LogP contribution is -2.41. The summed E-state index contributed by atoms with van der Waals surface area (Å²) in [5.41, 5.74) is -0.884. The number of halogens is 3. The van der Waals surface area contributed by atoms with Crippen molar-refractivity contribution in [2.24, 2.45) is 0 Å². The maximum absolute atomic E-state index is 13.0. The Kier molecular flexibility index (Phi) is 6.16. The van der Waals surface area contributed by atoms with Crippen molar-refractivity contribution in [2.45, 2.75) is 18.6 Å². The Balaban J connectivity index is 2.12. The molecule has 0 radical (unpaired) electrons. The van der Waals surface area contributed by atoms with Crippen LogP contribution in [-0.4, -0.2) is 23.0 Å². The lowest BCUT2D eigenvalue weighted by molar-refractivity contribution is -0.139. The Bertz CT molecular complexity index is 801. The molecule has 0 aliphatic rings. The van der Waals surface area contributed by atoms with Crippen molar-refractivity contribution in [3.63, 3.8) is 0 Å². The second-order valence-electron chi connectivity index (χ2n) is 5.46. The van der Waals surface area contributed by atoms with Gasteiger partial charge in [-0.05, 0) is 24.1 Å². The van der Waals surface area contributed by atoms with Crippen LogP contribution < -0.4 is 5.32 Å². The van der Waals surface area contributed by atoms with Gasteiger partial charge in [0.05, 0.1) is 11.1 Å². The van der Waals surface area contributed by atoms with Gasteiger partial charge >= 0.3 is 12.1 Å². The van der Waals surface area contributed by atoms with Crippen molar-refractivity contribution in [1.29, 1.82) is 0 Å². The second-order valence-corrected chi connectivity index (χ2v) is 5.46. The van der Waals surface area contributed by atoms with Crippen LogP contribution in [0, 0.1) is 0 Å². The van der Waals surface area contributed by atoms with E-state index in [2.05, 4.69) is 5.32 Å². The van der Waals surface area contributed by atoms with Gasteiger partial charge in [0.15, 0.2) is 0 Å². The highest BCUT2D eigenvalue weighted by Crippen LogP contribution is 2.31. The first-order valence-electron chi connectivity index (χ1n) is 7.70. The third kappa shape index (κ3) is 5.20. The summed E-state index contributed by atoms with van der Waals surface area (Å²) in [7, 11) is 0. The predicted octanol–water partition coefficient (Wildman–Crippen LogP) is 3.99. The summed E-state index contributed by atoms with van der Waals surface area (Å²) in [5.74, 6) is -2.42. The first-order valence-corrected chi connectivity index (χ1v) is 7.70. The maximum Gasteiger partial charge on any atom is 0.417 e. The Morgan fingerprint density at radius 2 is 1.65 bits per heavy atom. The average Bonchev–Trinajstić information content (AvgIpc) is 2.60. The zero-order chi connectivity index (χ0) is 19.2. The Hall–Kier alpha value is -3.09. The fraction of sp³-hybridized carbons (Fsp3) is 0.158. The molecule has 0 saturated carbocycles. The Morgan fingerprint density at radius 3 is 2.27 bits per heavy atom. The van der Waals surface area contributed by atoms with Crippen molar-refractivity contribution < 1.29 is 27.9 Å². The van der Waals surface area contributed by atoms with Crippen molar-refractivity contribution >= 4 is 18.0 Å². The molecule has 1 amide bonds. The third-order valence-electron chi connectivity index (χ3n) is 3.56. The molecule has 0 fully saturated rings. The number of hydrogen-bond donors (Lipinski definition) is 2. The molecule has 0 saturated heterocycles. The lowest BCUT2D eigenvalue weighted by atomic mass is 10.1. The number of aliphatic carboxylic acids is 1. The highest BCUT2D eigenvalue weighted by atomic mass is 19.4. The van der Waals surface area contributed by atoms with Crippen molar-refractivity contribution in [3.8, 4) is 0 Å². The summed E-state index contributed by atoms with van der Waals surface area (Å²) in [6.45, 7) is 0. The monoisotopic (exact) mass is 363 g/mol. The van der Waals surface area contributed by atoms with Gasteiger partial charge in [-0.2, -0.15) is 13.2 Å². The molecule has 7 heteroatoms. The van der Waals surface area contributed by atoms with Gasteiger partial charge in [-0.1, -0.05) is 54.6 Å². The standard InChI is InChI=1S/C19H16F3NO3/c20-19(21,22)15-11-5-4-10-14(15)17(24)23-16(18(25)26)12-6-9-13-7-2-1-3-8-13/h1-11,16H,12H2,(H,23,24)(H,25,26)/b9-6+/t16-/m1/s1. The number of alkyl halides is 3. The fourth-order valence-electron chi connectivity index (χ4n) is 2.29. The minimum atomic E-state index is -4.71. The van der Waals surface area contributed by atoms with E-state index < -0.39 is 35.2 Å². The number of hydrogen-bond acceptors (Lipinski definition) is 2. The quantitative estimate of drug-likeness (QED) is 0.816. The van der Waals surface area contributed by atoms with Gasteiger partial charge in [0.25, 0.3) is 5.91 Å². The van der Waals surface area contributed by atoms with Crippen LogP contribution in [0.5, 0.6) is 0 Å². The first kappa shape index (κ1) is 19.2. The zero-order valence-electron chi connectivity index (χ0n) is 13.5. The molecule has 0 heterocycles. The van der Waals surface area contributed by atoms with Gasteiger partial charge < -0.3 is 10.4 Å². The number of nitrogens with one attached hydrogen (secondary N) is 1. The van der Waals surface area contributed by atoms with Crippen LogP contribution in [0.2, 0.25) is 0 Å². The summed E-state index contributed by atoms with van der Waals surface area (Å²) < 4.78 is 39.0. The molecule has 136 valence electrons. The van der Waals surface area contributed by atoms with E-state index >= 15 is 0 Å². The smallest absolute Gasteiger partial charge is 0.417 e. The topological polar surface area (TPSA) is 66.4 Å². The highest BCUT2D eigenvalue weighted by molar-refractivity contribution is 5.98. The van der Waals surface area contributed by atoms with E-state index in [1.807, 2.05) is 30.3 Å². The van der Waals surface area contributed by atoms with E-state index in [9.17, 15) is 27.9 Å². The molecule has 1 atom stereocenters. The van der Waals surface area contributed by atoms with Crippen LogP contribution >= 0.6 is 0 Å². The van der Waals surface area contributed by atoms with Crippen LogP contribution in [0.25, 0.3) is 6.08 Å². The van der Waals surface area contributed by atoms with Crippen LogP contribution in [0.4, 0.5) is 13.2 Å². The van der Waals surface area contributed by atoms with E-state index in [-0.39, 0.29) is 6.42 Å². The van der Waals surface area contributed by atoms with E-state index in [0.717, 1.165) is 23.8 Å². The molecule has 26 heavy (non-hydrogen) atoms. The van der Waals surface area contributed by atoms with Gasteiger partial charge in [0, 0.05) is 0 Å². The number of rotatable bonds is 6. The summed E-state index contributed by atoms with van der Waals surface area (Å²) in [6, 6.07) is 12.0. The number of carboxylic acid groups (broad SMARTS) is 1. The minimum Gasteiger partial charge on any atom is -0.480 e. The molecule has 0 aliphatic carbocycles. The predicted molar refractivity (Wildman–Crippen MR) is 90.4 cm³/mol. The molecule has 4 nitrogen and oxygen atoms in total. The van der Waals surface area contributed by atoms with E-state index in [0.29, 0.717) is 0 Å². The number of carbonyl (C=O) groups excluding carboxylic acids is 1. The SMILES string of the molecule is O=C(N[C@H](C/C=C/c1ccccc1)C(=O)O)c1ccccc1C(F)(F)F. The molecule has 0 aliphatic heterocycles. The highest BCUT2D eigenvalue weighted by Gasteiger charge is 2.35. The molecule has 0 spiro atoms. The summed E-state index contributed by atoms with van der Waals surface area (Å²) in [6.07, 6.45) is -1.56. The zero-order valence-corrected chi connectivity index (χ0v) is 13.5. The number of carboxylic acids is 1. The average molecular weight is 363 g/mol. The molecular weight excluding hydrogens is 347 g/mol. The van der Waals surface area contributed by atoms with Gasteiger partial charge in [-0.15, -0.1) is 0 Å². The molecule has 2 aromatic rings. The van der Waals surface area contributed by atoms with Crippen molar-refractivity contribution in [2.75, 3.05) is 0 Å². The molecule has 2 N–H and O–H groups in total. The molecule has 2 aromatic carbocycles. The van der Waals surface area contributed by atoms with Crippen LogP contribution in [0.3, 0.4) is 0 Å².